The summed E-state index contributed by atoms with van der Waals surface area (Å²) in [5, 5.41) is 8.73. The second-order valence-corrected chi connectivity index (χ2v) is 4.32. The van der Waals surface area contributed by atoms with Crippen molar-refractivity contribution >= 4 is 5.78 Å². The number of benzene rings is 1. The van der Waals surface area contributed by atoms with Gasteiger partial charge >= 0.3 is 6.18 Å². The summed E-state index contributed by atoms with van der Waals surface area (Å²) in [5.74, 6) is -1.50. The first-order valence-electron chi connectivity index (χ1n) is 6.03. The van der Waals surface area contributed by atoms with Gasteiger partial charge in [-0.25, -0.2) is 4.39 Å². The highest BCUT2D eigenvalue weighted by Gasteiger charge is 2.31. The molecule has 4 nitrogen and oxygen atoms in total. The first kappa shape index (κ1) is 17.4. The number of ketones is 1. The Morgan fingerprint density at radius 2 is 2.05 bits per heavy atom. The van der Waals surface area contributed by atoms with Crippen molar-refractivity contribution in [3.63, 3.8) is 0 Å². The highest BCUT2D eigenvalue weighted by molar-refractivity contribution is 5.97. The molecule has 0 radical (unpaired) electrons. The third-order valence-electron chi connectivity index (χ3n) is 2.66. The van der Waals surface area contributed by atoms with E-state index in [-0.39, 0.29) is 17.9 Å². The Bertz CT molecular complexity index is 491. The molecule has 0 heterocycles. The number of rotatable bonds is 7. The lowest BCUT2D eigenvalue weighted by atomic mass is 10.1. The van der Waals surface area contributed by atoms with E-state index in [1.807, 2.05) is 0 Å². The van der Waals surface area contributed by atoms with Crippen molar-refractivity contribution in [3.05, 3.63) is 29.6 Å². The Morgan fingerprint density at radius 1 is 1.38 bits per heavy atom. The van der Waals surface area contributed by atoms with Crippen molar-refractivity contribution in [2.45, 2.75) is 6.18 Å². The van der Waals surface area contributed by atoms with Crippen LogP contribution >= 0.6 is 0 Å². The van der Waals surface area contributed by atoms with E-state index in [1.54, 1.807) is 0 Å². The fourth-order valence-electron chi connectivity index (χ4n) is 1.74. The third kappa shape index (κ3) is 5.68. The minimum atomic E-state index is -4.49. The summed E-state index contributed by atoms with van der Waals surface area (Å²) in [7, 11) is 1.26. The molecule has 0 unspecified atom stereocenters. The second kappa shape index (κ2) is 7.37. The second-order valence-electron chi connectivity index (χ2n) is 4.32. The zero-order valence-corrected chi connectivity index (χ0v) is 11.3. The standard InChI is InChI=1S/C13H15F4NO3/c1-21-12-3-2-9(6-10(12)14)11(20)7-18(4-5-19)8-13(15,16)17/h2-3,6,19H,4-5,7-8H2,1H3. The molecule has 0 bridgehead atoms. The Morgan fingerprint density at radius 3 is 2.52 bits per heavy atom. The molecule has 1 aromatic rings. The Labute approximate surface area is 118 Å². The minimum Gasteiger partial charge on any atom is -0.494 e. The lowest BCUT2D eigenvalue weighted by Crippen LogP contribution is -2.39. The molecule has 0 saturated carbocycles. The van der Waals surface area contributed by atoms with E-state index in [9.17, 15) is 22.4 Å². The van der Waals surface area contributed by atoms with Crippen LogP contribution in [-0.2, 0) is 0 Å². The predicted octanol–water partition coefficient (Wildman–Crippen LogP) is 1.87. The van der Waals surface area contributed by atoms with Gasteiger partial charge in [-0.2, -0.15) is 13.2 Å². The molecule has 0 spiro atoms. The molecule has 0 saturated heterocycles. The van der Waals surface area contributed by atoms with Crippen LogP contribution in [-0.4, -0.2) is 55.3 Å². The molecule has 1 rings (SSSR count). The lowest BCUT2D eigenvalue weighted by Gasteiger charge is -2.21. The van der Waals surface area contributed by atoms with Gasteiger partial charge in [-0.1, -0.05) is 0 Å². The molecule has 0 aliphatic carbocycles. The molecule has 1 aromatic carbocycles. The zero-order valence-electron chi connectivity index (χ0n) is 11.3. The summed E-state index contributed by atoms with van der Waals surface area (Å²) < 4.78 is 55.1. The van der Waals surface area contributed by atoms with Crippen LogP contribution in [0.4, 0.5) is 17.6 Å². The van der Waals surface area contributed by atoms with Crippen molar-refractivity contribution in [3.8, 4) is 5.75 Å². The van der Waals surface area contributed by atoms with Crippen LogP contribution in [0.15, 0.2) is 18.2 Å². The van der Waals surface area contributed by atoms with Gasteiger partial charge in [0.25, 0.3) is 0 Å². The van der Waals surface area contributed by atoms with Crippen molar-refractivity contribution in [2.24, 2.45) is 0 Å². The molecular weight excluding hydrogens is 294 g/mol. The minimum absolute atomic E-state index is 0.0570. The zero-order chi connectivity index (χ0) is 16.0. The first-order chi connectivity index (χ1) is 9.76. The number of carbonyl (C=O) groups is 1. The van der Waals surface area contributed by atoms with Crippen molar-refractivity contribution in [2.75, 3.05) is 33.4 Å². The molecule has 8 heteroatoms. The quantitative estimate of drug-likeness (QED) is 0.617. The van der Waals surface area contributed by atoms with Crippen LogP contribution in [0.1, 0.15) is 10.4 Å². The number of halogens is 4. The van der Waals surface area contributed by atoms with E-state index in [4.69, 9.17) is 5.11 Å². The van der Waals surface area contributed by atoms with Gasteiger partial charge in [0, 0.05) is 12.1 Å². The maximum absolute atomic E-state index is 13.5. The maximum atomic E-state index is 13.5. The Balaban J connectivity index is 2.79. The molecule has 0 aliphatic heterocycles. The molecule has 0 aromatic heterocycles. The highest BCUT2D eigenvalue weighted by Crippen LogP contribution is 2.19. The highest BCUT2D eigenvalue weighted by atomic mass is 19.4. The van der Waals surface area contributed by atoms with Crippen LogP contribution in [0.3, 0.4) is 0 Å². The largest absolute Gasteiger partial charge is 0.494 e. The van der Waals surface area contributed by atoms with Gasteiger partial charge in [0.15, 0.2) is 17.3 Å². The number of nitrogens with zero attached hydrogens (tertiary/aromatic N) is 1. The predicted molar refractivity (Wildman–Crippen MR) is 66.9 cm³/mol. The van der Waals surface area contributed by atoms with Crippen molar-refractivity contribution in [1.29, 1.82) is 0 Å². The van der Waals surface area contributed by atoms with E-state index in [2.05, 4.69) is 4.74 Å². The average Bonchev–Trinajstić information content (AvgIpc) is 2.36. The van der Waals surface area contributed by atoms with Crippen LogP contribution in [0.25, 0.3) is 0 Å². The third-order valence-corrected chi connectivity index (χ3v) is 2.66. The van der Waals surface area contributed by atoms with Gasteiger partial charge in [-0.3, -0.25) is 9.69 Å². The van der Waals surface area contributed by atoms with Crippen LogP contribution in [0.2, 0.25) is 0 Å². The van der Waals surface area contributed by atoms with Crippen molar-refractivity contribution < 1.29 is 32.2 Å². The summed E-state index contributed by atoms with van der Waals surface area (Å²) in [6, 6.07) is 3.41. The van der Waals surface area contributed by atoms with Gasteiger partial charge in [-0.05, 0) is 18.2 Å². The smallest absolute Gasteiger partial charge is 0.401 e. The van der Waals surface area contributed by atoms with Crippen LogP contribution in [0, 0.1) is 5.82 Å². The number of carbonyl (C=O) groups excluding carboxylic acids is 1. The maximum Gasteiger partial charge on any atom is 0.401 e. The van der Waals surface area contributed by atoms with Crippen molar-refractivity contribution in [1.82, 2.24) is 4.90 Å². The van der Waals surface area contributed by atoms with Gasteiger partial charge in [0.1, 0.15) is 0 Å². The SMILES string of the molecule is COc1ccc(C(=O)CN(CCO)CC(F)(F)F)cc1F. The van der Waals surface area contributed by atoms with Gasteiger partial charge in [0.2, 0.25) is 0 Å². The van der Waals surface area contributed by atoms with E-state index in [0.717, 1.165) is 11.0 Å². The number of Topliss-reactive ketones (excluding diaryl/α,β-unsaturated/α-hetero) is 1. The van der Waals surface area contributed by atoms with Gasteiger partial charge < -0.3 is 9.84 Å². The number of aliphatic hydroxyl groups is 1. The fourth-order valence-corrected chi connectivity index (χ4v) is 1.74. The molecular formula is C13H15F4NO3. The monoisotopic (exact) mass is 309 g/mol. The lowest BCUT2D eigenvalue weighted by molar-refractivity contribution is -0.145. The fraction of sp³-hybridized carbons (Fsp3) is 0.462. The van der Waals surface area contributed by atoms with Crippen LogP contribution in [0.5, 0.6) is 5.75 Å². The number of aliphatic hydroxyl groups excluding tert-OH is 1. The van der Waals surface area contributed by atoms with E-state index in [0.29, 0.717) is 0 Å². The topological polar surface area (TPSA) is 49.8 Å². The van der Waals surface area contributed by atoms with Crippen LogP contribution < -0.4 is 4.74 Å². The average molecular weight is 309 g/mol. The number of hydrogen-bond acceptors (Lipinski definition) is 4. The van der Waals surface area contributed by atoms with E-state index < -0.39 is 37.5 Å². The molecule has 0 atom stereocenters. The first-order valence-corrected chi connectivity index (χ1v) is 6.03. The van der Waals surface area contributed by atoms with Gasteiger partial charge in [0.05, 0.1) is 26.8 Å². The normalized spacial score (nSPS) is 11.8. The van der Waals surface area contributed by atoms with Gasteiger partial charge in [-0.15, -0.1) is 0 Å². The number of alkyl halides is 3. The molecule has 1 N–H and O–H groups in total. The molecule has 0 amide bonds. The Hall–Kier alpha value is -1.67. The van der Waals surface area contributed by atoms with E-state index in [1.165, 1.54) is 19.2 Å². The van der Waals surface area contributed by atoms with E-state index >= 15 is 0 Å². The summed E-state index contributed by atoms with van der Waals surface area (Å²) in [4.78, 5) is 12.6. The summed E-state index contributed by atoms with van der Waals surface area (Å²) in [6.07, 6.45) is -4.49. The molecule has 0 fully saturated rings. The number of hydrogen-bond donors (Lipinski definition) is 1. The number of ether oxygens (including phenoxy) is 1. The summed E-state index contributed by atoms with van der Waals surface area (Å²) in [6.45, 7) is -2.70. The molecule has 118 valence electrons. The molecule has 0 aliphatic rings. The summed E-state index contributed by atoms with van der Waals surface area (Å²) >= 11 is 0. The molecule has 21 heavy (non-hydrogen) atoms. The Kier molecular flexibility index (Phi) is 6.10. The number of methoxy groups -OCH3 is 1. The summed E-state index contributed by atoms with van der Waals surface area (Å²) in [5.41, 5.74) is -0.0570.